The van der Waals surface area contributed by atoms with Gasteiger partial charge in [0.25, 0.3) is 0 Å². The van der Waals surface area contributed by atoms with Gasteiger partial charge in [-0.1, -0.05) is 18.6 Å². The van der Waals surface area contributed by atoms with Gasteiger partial charge in [0.15, 0.2) is 11.7 Å². The molecule has 0 amide bonds. The largest absolute Gasteiger partial charge is 0.370 e. The summed E-state index contributed by atoms with van der Waals surface area (Å²) in [6.07, 6.45) is 5.78. The van der Waals surface area contributed by atoms with Crippen LogP contribution in [-0.2, 0) is 9.47 Å². The fourth-order valence-electron chi connectivity index (χ4n) is 2.56. The first-order chi connectivity index (χ1) is 9.10. The standard InChI is InChI=1S/C14H25N3O2/c1-11(2)8-16-13(15)17-9-12-10-18-14(19-12)6-4-3-5-7-14/h12H,1,3-10H2,2H3,(H3,15,16,17). The van der Waals surface area contributed by atoms with Crippen LogP contribution in [0, 0.1) is 0 Å². The summed E-state index contributed by atoms with van der Waals surface area (Å²) in [5.74, 6) is 0.130. The summed E-state index contributed by atoms with van der Waals surface area (Å²) in [5, 5.41) is 3.08. The van der Waals surface area contributed by atoms with E-state index in [0.29, 0.717) is 25.7 Å². The van der Waals surface area contributed by atoms with Crippen LogP contribution in [0.25, 0.3) is 0 Å². The third-order valence-electron chi connectivity index (χ3n) is 3.56. The fourth-order valence-corrected chi connectivity index (χ4v) is 2.56. The van der Waals surface area contributed by atoms with Crippen molar-refractivity contribution in [2.24, 2.45) is 10.7 Å². The van der Waals surface area contributed by atoms with E-state index in [1.807, 2.05) is 6.92 Å². The molecule has 0 aromatic carbocycles. The Morgan fingerprint density at radius 3 is 2.84 bits per heavy atom. The van der Waals surface area contributed by atoms with Gasteiger partial charge in [-0.2, -0.15) is 0 Å². The van der Waals surface area contributed by atoms with E-state index in [9.17, 15) is 0 Å². The SMILES string of the molecule is C=C(C)CN=C(N)NCC1COC2(CCCCC2)O1. The second-order valence-electron chi connectivity index (χ2n) is 5.56. The third-order valence-corrected chi connectivity index (χ3v) is 3.56. The molecule has 5 heteroatoms. The molecule has 5 nitrogen and oxygen atoms in total. The van der Waals surface area contributed by atoms with Gasteiger partial charge in [0.1, 0.15) is 6.10 Å². The zero-order valence-corrected chi connectivity index (χ0v) is 11.8. The van der Waals surface area contributed by atoms with Gasteiger partial charge < -0.3 is 20.5 Å². The molecule has 1 spiro atoms. The van der Waals surface area contributed by atoms with Crippen LogP contribution in [0.4, 0.5) is 0 Å². The van der Waals surface area contributed by atoms with Crippen molar-refractivity contribution < 1.29 is 9.47 Å². The molecule has 2 aliphatic rings. The highest BCUT2D eigenvalue weighted by atomic mass is 16.7. The van der Waals surface area contributed by atoms with E-state index < -0.39 is 0 Å². The molecule has 108 valence electrons. The van der Waals surface area contributed by atoms with E-state index in [0.717, 1.165) is 18.4 Å². The van der Waals surface area contributed by atoms with Gasteiger partial charge in [0, 0.05) is 19.4 Å². The number of rotatable bonds is 4. The first-order valence-electron chi connectivity index (χ1n) is 7.10. The minimum Gasteiger partial charge on any atom is -0.370 e. The monoisotopic (exact) mass is 267 g/mol. The van der Waals surface area contributed by atoms with Crippen molar-refractivity contribution in [3.05, 3.63) is 12.2 Å². The number of ether oxygens (including phenoxy) is 2. The Hall–Kier alpha value is -1.07. The topological polar surface area (TPSA) is 68.9 Å². The fraction of sp³-hybridized carbons (Fsp3) is 0.786. The number of nitrogens with zero attached hydrogens (tertiary/aromatic N) is 1. The molecule has 1 saturated heterocycles. The molecule has 2 fully saturated rings. The summed E-state index contributed by atoms with van der Waals surface area (Å²) < 4.78 is 11.9. The van der Waals surface area contributed by atoms with Crippen LogP contribution in [0.2, 0.25) is 0 Å². The molecular weight excluding hydrogens is 242 g/mol. The van der Waals surface area contributed by atoms with Crippen LogP contribution < -0.4 is 11.1 Å². The van der Waals surface area contributed by atoms with Gasteiger partial charge in [-0.05, 0) is 19.8 Å². The minimum atomic E-state index is -0.311. The Balaban J connectivity index is 1.73. The van der Waals surface area contributed by atoms with Gasteiger partial charge in [0.05, 0.1) is 13.2 Å². The maximum Gasteiger partial charge on any atom is 0.188 e. The molecule has 0 aromatic rings. The van der Waals surface area contributed by atoms with E-state index in [-0.39, 0.29) is 11.9 Å². The lowest BCUT2D eigenvalue weighted by Gasteiger charge is -2.31. The lowest BCUT2D eigenvalue weighted by molar-refractivity contribution is -0.186. The van der Waals surface area contributed by atoms with Crippen LogP contribution in [-0.4, -0.2) is 37.5 Å². The highest BCUT2D eigenvalue weighted by molar-refractivity contribution is 5.77. The molecule has 19 heavy (non-hydrogen) atoms. The number of guanidine groups is 1. The molecule has 0 radical (unpaired) electrons. The van der Waals surface area contributed by atoms with E-state index in [1.54, 1.807) is 0 Å². The van der Waals surface area contributed by atoms with Gasteiger partial charge in [0.2, 0.25) is 0 Å². The Kier molecular flexibility index (Phi) is 4.82. The van der Waals surface area contributed by atoms with Gasteiger partial charge in [-0.25, -0.2) is 4.99 Å². The molecule has 0 bridgehead atoms. The maximum atomic E-state index is 6.05. The molecule has 1 atom stereocenters. The molecule has 1 aliphatic carbocycles. The van der Waals surface area contributed by atoms with Crippen molar-refractivity contribution in [1.29, 1.82) is 0 Å². The normalized spacial score (nSPS) is 26.6. The highest BCUT2D eigenvalue weighted by Gasteiger charge is 2.41. The summed E-state index contributed by atoms with van der Waals surface area (Å²) in [7, 11) is 0. The summed E-state index contributed by atoms with van der Waals surface area (Å²) in [4.78, 5) is 4.18. The molecule has 1 saturated carbocycles. The third kappa shape index (κ3) is 4.21. The average molecular weight is 267 g/mol. The van der Waals surface area contributed by atoms with Crippen LogP contribution in [0.15, 0.2) is 17.1 Å². The molecule has 1 heterocycles. The predicted octanol–water partition coefficient (Wildman–Crippen LogP) is 1.54. The lowest BCUT2D eigenvalue weighted by atomic mass is 9.94. The Bertz CT molecular complexity index is 349. The van der Waals surface area contributed by atoms with Gasteiger partial charge >= 0.3 is 0 Å². The van der Waals surface area contributed by atoms with Crippen LogP contribution in [0.5, 0.6) is 0 Å². The quantitative estimate of drug-likeness (QED) is 0.460. The van der Waals surface area contributed by atoms with E-state index in [1.165, 1.54) is 19.3 Å². The van der Waals surface area contributed by atoms with E-state index in [4.69, 9.17) is 15.2 Å². The smallest absolute Gasteiger partial charge is 0.188 e. The number of nitrogens with two attached hydrogens (primary N) is 1. The highest BCUT2D eigenvalue weighted by Crippen LogP contribution is 2.37. The Morgan fingerprint density at radius 2 is 2.16 bits per heavy atom. The lowest BCUT2D eigenvalue weighted by Crippen LogP contribution is -2.40. The number of hydrogen-bond acceptors (Lipinski definition) is 3. The first kappa shape index (κ1) is 14.3. The Labute approximate surface area is 115 Å². The molecule has 0 aromatic heterocycles. The van der Waals surface area contributed by atoms with Crippen molar-refractivity contribution in [2.45, 2.75) is 50.9 Å². The molecular formula is C14H25N3O2. The van der Waals surface area contributed by atoms with Crippen molar-refractivity contribution in [2.75, 3.05) is 19.7 Å². The maximum absolute atomic E-state index is 6.05. The van der Waals surface area contributed by atoms with Crippen LogP contribution in [0.3, 0.4) is 0 Å². The van der Waals surface area contributed by atoms with Crippen molar-refractivity contribution >= 4 is 5.96 Å². The number of nitrogens with one attached hydrogen (secondary N) is 1. The minimum absolute atomic E-state index is 0.0664. The zero-order chi connectivity index (χ0) is 13.7. The van der Waals surface area contributed by atoms with Gasteiger partial charge in [-0.15, -0.1) is 0 Å². The number of hydrogen-bond donors (Lipinski definition) is 2. The van der Waals surface area contributed by atoms with E-state index >= 15 is 0 Å². The van der Waals surface area contributed by atoms with Crippen LogP contribution >= 0.6 is 0 Å². The first-order valence-corrected chi connectivity index (χ1v) is 7.10. The van der Waals surface area contributed by atoms with E-state index in [2.05, 4.69) is 16.9 Å². The van der Waals surface area contributed by atoms with Crippen molar-refractivity contribution in [1.82, 2.24) is 5.32 Å². The molecule has 1 aliphatic heterocycles. The summed E-state index contributed by atoms with van der Waals surface area (Å²) >= 11 is 0. The zero-order valence-electron chi connectivity index (χ0n) is 11.8. The van der Waals surface area contributed by atoms with Crippen molar-refractivity contribution in [3.8, 4) is 0 Å². The van der Waals surface area contributed by atoms with Crippen LogP contribution in [0.1, 0.15) is 39.0 Å². The Morgan fingerprint density at radius 1 is 1.42 bits per heavy atom. The summed E-state index contributed by atoms with van der Waals surface area (Å²) in [6.45, 7) is 7.56. The number of aliphatic imine (C=N–C) groups is 1. The van der Waals surface area contributed by atoms with Gasteiger partial charge in [-0.3, -0.25) is 0 Å². The molecule has 2 rings (SSSR count). The average Bonchev–Trinajstić information content (AvgIpc) is 2.78. The second-order valence-corrected chi connectivity index (χ2v) is 5.56. The predicted molar refractivity (Wildman–Crippen MR) is 75.9 cm³/mol. The van der Waals surface area contributed by atoms with Crippen molar-refractivity contribution in [3.63, 3.8) is 0 Å². The molecule has 1 unspecified atom stereocenters. The summed E-state index contributed by atoms with van der Waals surface area (Å²) in [6, 6.07) is 0. The second kappa shape index (κ2) is 6.39. The summed E-state index contributed by atoms with van der Waals surface area (Å²) in [5.41, 5.74) is 6.76. The molecule has 3 N–H and O–H groups in total.